The number of H-pyrrole nitrogens is 1. The van der Waals surface area contributed by atoms with Crippen molar-refractivity contribution in [3.8, 4) is 0 Å². The normalized spacial score (nSPS) is 11.0. The molecule has 3 aromatic rings. The topological polar surface area (TPSA) is 53.6 Å². The average Bonchev–Trinajstić information content (AvgIpc) is 2.84. The van der Waals surface area contributed by atoms with Gasteiger partial charge >= 0.3 is 0 Å². The lowest BCUT2D eigenvalue weighted by molar-refractivity contribution is 0.889. The quantitative estimate of drug-likeness (QED) is 0.743. The van der Waals surface area contributed by atoms with E-state index >= 15 is 0 Å². The molecule has 0 bridgehead atoms. The fourth-order valence-corrected chi connectivity index (χ4v) is 2.78. The van der Waals surface area contributed by atoms with Crippen LogP contribution in [0.3, 0.4) is 0 Å². The molecule has 22 heavy (non-hydrogen) atoms. The van der Waals surface area contributed by atoms with E-state index in [1.165, 1.54) is 10.9 Å². The number of rotatable bonds is 5. The lowest BCUT2D eigenvalue weighted by atomic mass is 10.1. The molecule has 4 heteroatoms. The van der Waals surface area contributed by atoms with Crippen molar-refractivity contribution in [1.82, 2.24) is 15.2 Å². The molecule has 0 atom stereocenters. The molecular weight excluding hydrogens is 272 g/mol. The van der Waals surface area contributed by atoms with Gasteiger partial charge in [-0.05, 0) is 32.4 Å². The van der Waals surface area contributed by atoms with Crippen LogP contribution in [0.1, 0.15) is 36.0 Å². The van der Waals surface area contributed by atoms with Crippen molar-refractivity contribution in [2.75, 3.05) is 5.32 Å². The van der Waals surface area contributed by atoms with E-state index in [4.69, 9.17) is 4.98 Å². The van der Waals surface area contributed by atoms with Crippen LogP contribution in [0.25, 0.3) is 10.9 Å². The van der Waals surface area contributed by atoms with Gasteiger partial charge in [-0.2, -0.15) is 5.10 Å². The van der Waals surface area contributed by atoms with Gasteiger partial charge in [0.1, 0.15) is 0 Å². The lowest BCUT2D eigenvalue weighted by Crippen LogP contribution is -2.04. The van der Waals surface area contributed by atoms with Crippen LogP contribution in [0, 0.1) is 13.8 Å². The highest BCUT2D eigenvalue weighted by molar-refractivity contribution is 5.91. The van der Waals surface area contributed by atoms with Gasteiger partial charge in [0.15, 0.2) is 0 Å². The summed E-state index contributed by atoms with van der Waals surface area (Å²) >= 11 is 0. The Labute approximate surface area is 131 Å². The number of benzene rings is 1. The molecule has 1 aromatic carbocycles. The Morgan fingerprint density at radius 1 is 1.18 bits per heavy atom. The van der Waals surface area contributed by atoms with E-state index in [1.807, 2.05) is 13.0 Å². The first-order valence-electron chi connectivity index (χ1n) is 7.82. The van der Waals surface area contributed by atoms with Gasteiger partial charge in [0.2, 0.25) is 0 Å². The first kappa shape index (κ1) is 14.6. The number of aromatic amines is 1. The van der Waals surface area contributed by atoms with E-state index in [0.717, 1.165) is 47.7 Å². The van der Waals surface area contributed by atoms with Gasteiger partial charge in [-0.25, -0.2) is 0 Å². The summed E-state index contributed by atoms with van der Waals surface area (Å²) in [5.41, 5.74) is 6.75. The molecule has 0 unspecified atom stereocenters. The number of anilines is 1. The third-order valence-corrected chi connectivity index (χ3v) is 4.01. The number of nitrogens with zero attached hydrogens (tertiary/aromatic N) is 2. The summed E-state index contributed by atoms with van der Waals surface area (Å²) in [5.74, 6) is 0. The third kappa shape index (κ3) is 2.82. The maximum Gasteiger partial charge on any atom is 0.0726 e. The van der Waals surface area contributed by atoms with Gasteiger partial charge in [-0.1, -0.05) is 31.5 Å². The summed E-state index contributed by atoms with van der Waals surface area (Å²) in [5, 5.41) is 12.0. The van der Waals surface area contributed by atoms with Gasteiger partial charge < -0.3 is 5.32 Å². The van der Waals surface area contributed by atoms with E-state index < -0.39 is 0 Å². The fourth-order valence-electron chi connectivity index (χ4n) is 2.78. The van der Waals surface area contributed by atoms with Crippen molar-refractivity contribution < 1.29 is 0 Å². The minimum atomic E-state index is 0.772. The monoisotopic (exact) mass is 294 g/mol. The smallest absolute Gasteiger partial charge is 0.0726 e. The zero-order valence-corrected chi connectivity index (χ0v) is 13.4. The second-order valence-electron chi connectivity index (χ2n) is 5.69. The van der Waals surface area contributed by atoms with E-state index in [2.05, 4.69) is 53.6 Å². The first-order valence-corrected chi connectivity index (χ1v) is 7.82. The molecule has 0 amide bonds. The number of hydrogen-bond donors (Lipinski definition) is 2. The summed E-state index contributed by atoms with van der Waals surface area (Å²) in [4.78, 5) is 4.75. The zero-order chi connectivity index (χ0) is 15.5. The number of pyridine rings is 1. The Morgan fingerprint density at radius 2 is 2.00 bits per heavy atom. The molecule has 0 aliphatic rings. The van der Waals surface area contributed by atoms with Crippen LogP contribution in [0.2, 0.25) is 0 Å². The Kier molecular flexibility index (Phi) is 4.09. The number of aromatic nitrogens is 3. The largest absolute Gasteiger partial charge is 0.380 e. The van der Waals surface area contributed by atoms with Gasteiger partial charge in [0, 0.05) is 34.6 Å². The van der Waals surface area contributed by atoms with Crippen molar-refractivity contribution in [2.24, 2.45) is 0 Å². The molecule has 2 N–H and O–H groups in total. The lowest BCUT2D eigenvalue weighted by Gasteiger charge is -2.12. The molecule has 3 rings (SSSR count). The Morgan fingerprint density at radius 3 is 2.73 bits per heavy atom. The molecule has 0 aliphatic carbocycles. The van der Waals surface area contributed by atoms with Gasteiger partial charge in [0.25, 0.3) is 0 Å². The van der Waals surface area contributed by atoms with Crippen LogP contribution < -0.4 is 5.32 Å². The van der Waals surface area contributed by atoms with Gasteiger partial charge in [0.05, 0.1) is 11.2 Å². The van der Waals surface area contributed by atoms with Crippen molar-refractivity contribution in [3.63, 3.8) is 0 Å². The number of fused-ring (bicyclic) bond motifs is 1. The maximum atomic E-state index is 4.75. The molecule has 0 saturated heterocycles. The summed E-state index contributed by atoms with van der Waals surface area (Å²) in [6, 6.07) is 10.5. The molecule has 0 saturated carbocycles. The van der Waals surface area contributed by atoms with Crippen LogP contribution >= 0.6 is 0 Å². The highest BCUT2D eigenvalue weighted by Gasteiger charge is 2.09. The van der Waals surface area contributed by atoms with E-state index in [0.29, 0.717) is 0 Å². The molecule has 0 radical (unpaired) electrons. The highest BCUT2D eigenvalue weighted by Crippen LogP contribution is 2.25. The van der Waals surface area contributed by atoms with Crippen LogP contribution in [0.5, 0.6) is 0 Å². The van der Waals surface area contributed by atoms with Crippen LogP contribution in [-0.4, -0.2) is 15.2 Å². The van der Waals surface area contributed by atoms with Crippen LogP contribution in [0.4, 0.5) is 5.69 Å². The predicted molar refractivity (Wildman–Crippen MR) is 91.1 cm³/mol. The Hall–Kier alpha value is -2.36. The predicted octanol–water partition coefficient (Wildman–Crippen LogP) is 4.14. The van der Waals surface area contributed by atoms with Crippen LogP contribution in [0.15, 0.2) is 30.3 Å². The summed E-state index contributed by atoms with van der Waals surface area (Å²) in [7, 11) is 0. The summed E-state index contributed by atoms with van der Waals surface area (Å²) < 4.78 is 0. The SMILES string of the molecule is CCCc1cc(NCc2c(C)n[nH]c2C)c2ccccc2n1. The molecule has 4 nitrogen and oxygen atoms in total. The minimum absolute atomic E-state index is 0.772. The molecular formula is C18H22N4. The number of aryl methyl sites for hydroxylation is 3. The minimum Gasteiger partial charge on any atom is -0.380 e. The molecule has 0 fully saturated rings. The van der Waals surface area contributed by atoms with Crippen molar-refractivity contribution in [3.05, 3.63) is 53.0 Å². The van der Waals surface area contributed by atoms with Crippen molar-refractivity contribution in [1.29, 1.82) is 0 Å². The van der Waals surface area contributed by atoms with Crippen molar-refractivity contribution in [2.45, 2.75) is 40.2 Å². The van der Waals surface area contributed by atoms with E-state index in [1.54, 1.807) is 0 Å². The van der Waals surface area contributed by atoms with Gasteiger partial charge in [-0.15, -0.1) is 0 Å². The highest BCUT2D eigenvalue weighted by atomic mass is 15.1. The third-order valence-electron chi connectivity index (χ3n) is 4.01. The standard InChI is InChI=1S/C18H22N4/c1-4-7-14-10-18(15-8-5-6-9-17(15)20-14)19-11-16-12(2)21-22-13(16)3/h5-6,8-10H,4,7,11H2,1-3H3,(H,19,20)(H,21,22). The second kappa shape index (κ2) is 6.18. The summed E-state index contributed by atoms with van der Waals surface area (Å²) in [6.45, 7) is 7.05. The number of nitrogens with one attached hydrogen (secondary N) is 2. The zero-order valence-electron chi connectivity index (χ0n) is 13.4. The molecule has 2 aromatic heterocycles. The molecule has 0 spiro atoms. The molecule has 2 heterocycles. The summed E-state index contributed by atoms with van der Waals surface area (Å²) in [6.07, 6.45) is 2.11. The second-order valence-corrected chi connectivity index (χ2v) is 5.69. The number of para-hydroxylation sites is 1. The van der Waals surface area contributed by atoms with Gasteiger partial charge in [-0.3, -0.25) is 10.1 Å². The Balaban J connectivity index is 1.95. The van der Waals surface area contributed by atoms with Crippen molar-refractivity contribution >= 4 is 16.6 Å². The Bertz CT molecular complexity index is 769. The van der Waals surface area contributed by atoms with Crippen LogP contribution in [-0.2, 0) is 13.0 Å². The molecule has 0 aliphatic heterocycles. The molecule has 114 valence electrons. The first-order chi connectivity index (χ1) is 10.7. The number of hydrogen-bond acceptors (Lipinski definition) is 3. The van der Waals surface area contributed by atoms with E-state index in [9.17, 15) is 0 Å². The maximum absolute atomic E-state index is 4.75. The average molecular weight is 294 g/mol. The fraction of sp³-hybridized carbons (Fsp3) is 0.333. The van der Waals surface area contributed by atoms with E-state index in [-0.39, 0.29) is 0 Å².